The second-order valence-corrected chi connectivity index (χ2v) is 4.13. The highest BCUT2D eigenvalue weighted by Gasteiger charge is 2.20. The van der Waals surface area contributed by atoms with Crippen LogP contribution in [0, 0.1) is 17.1 Å². The van der Waals surface area contributed by atoms with Gasteiger partial charge in [-0.1, -0.05) is 12.1 Å². The number of nitrogens with zero attached hydrogens (tertiary/aromatic N) is 3. The number of imidazole rings is 1. The summed E-state index contributed by atoms with van der Waals surface area (Å²) in [7, 11) is 0. The van der Waals surface area contributed by atoms with Gasteiger partial charge in [0, 0.05) is 18.4 Å². The maximum atomic E-state index is 12.9. The molecule has 2 rings (SSSR count). The standard InChI is InChI=1S/C13H13FN4/c1-9(16)13(10-2-4-11(14)5-3-10)18-7-6-17-12(18)8-15/h2-7,9,13H,16H2,1H3. The van der Waals surface area contributed by atoms with Crippen LogP contribution in [-0.4, -0.2) is 15.6 Å². The fourth-order valence-electron chi connectivity index (χ4n) is 2.00. The largest absolute Gasteiger partial charge is 0.326 e. The van der Waals surface area contributed by atoms with Gasteiger partial charge in [0.2, 0.25) is 5.82 Å². The highest BCUT2D eigenvalue weighted by Crippen LogP contribution is 2.22. The van der Waals surface area contributed by atoms with Crippen LogP contribution in [0.2, 0.25) is 0 Å². The average molecular weight is 244 g/mol. The zero-order valence-corrected chi connectivity index (χ0v) is 9.92. The van der Waals surface area contributed by atoms with E-state index in [4.69, 9.17) is 11.0 Å². The molecule has 5 heteroatoms. The third kappa shape index (κ3) is 2.24. The molecule has 1 heterocycles. The number of halogens is 1. The number of nitrogens with two attached hydrogens (primary N) is 1. The number of benzene rings is 1. The van der Waals surface area contributed by atoms with Gasteiger partial charge in [-0.3, -0.25) is 0 Å². The molecule has 2 N–H and O–H groups in total. The van der Waals surface area contributed by atoms with Crippen LogP contribution in [0.4, 0.5) is 4.39 Å². The minimum Gasteiger partial charge on any atom is -0.326 e. The lowest BCUT2D eigenvalue weighted by atomic mass is 10.0. The molecule has 18 heavy (non-hydrogen) atoms. The molecule has 2 atom stereocenters. The summed E-state index contributed by atoms with van der Waals surface area (Å²) in [6.45, 7) is 1.84. The van der Waals surface area contributed by atoms with Crippen LogP contribution in [0.1, 0.15) is 24.4 Å². The summed E-state index contributed by atoms with van der Waals surface area (Å²) in [6.07, 6.45) is 3.26. The summed E-state index contributed by atoms with van der Waals surface area (Å²) < 4.78 is 14.6. The van der Waals surface area contributed by atoms with E-state index in [1.165, 1.54) is 12.1 Å². The third-order valence-electron chi connectivity index (χ3n) is 2.78. The van der Waals surface area contributed by atoms with Crippen LogP contribution >= 0.6 is 0 Å². The van der Waals surface area contributed by atoms with Gasteiger partial charge in [0.05, 0.1) is 6.04 Å². The van der Waals surface area contributed by atoms with Crippen molar-refractivity contribution in [2.75, 3.05) is 0 Å². The molecule has 0 spiro atoms. The van der Waals surface area contributed by atoms with Gasteiger partial charge in [0.25, 0.3) is 0 Å². The van der Waals surface area contributed by atoms with E-state index >= 15 is 0 Å². The van der Waals surface area contributed by atoms with Gasteiger partial charge in [0.15, 0.2) is 0 Å². The van der Waals surface area contributed by atoms with Crippen molar-refractivity contribution in [2.45, 2.75) is 19.0 Å². The van der Waals surface area contributed by atoms with E-state index in [-0.39, 0.29) is 17.9 Å². The Morgan fingerprint density at radius 1 is 1.39 bits per heavy atom. The van der Waals surface area contributed by atoms with Gasteiger partial charge in [-0.05, 0) is 24.6 Å². The molecule has 1 aromatic carbocycles. The molecule has 0 bridgehead atoms. The Labute approximate surface area is 104 Å². The fourth-order valence-corrected chi connectivity index (χ4v) is 2.00. The molecule has 92 valence electrons. The molecule has 0 fully saturated rings. The first-order valence-electron chi connectivity index (χ1n) is 5.57. The molecule has 0 aliphatic heterocycles. The minimum atomic E-state index is -0.298. The Morgan fingerprint density at radius 2 is 2.06 bits per heavy atom. The van der Waals surface area contributed by atoms with E-state index in [0.29, 0.717) is 5.82 Å². The minimum absolute atomic E-state index is 0.225. The second-order valence-electron chi connectivity index (χ2n) is 4.13. The van der Waals surface area contributed by atoms with E-state index in [9.17, 15) is 4.39 Å². The van der Waals surface area contributed by atoms with Crippen molar-refractivity contribution in [2.24, 2.45) is 5.73 Å². The van der Waals surface area contributed by atoms with E-state index in [2.05, 4.69) is 4.98 Å². The monoisotopic (exact) mass is 244 g/mol. The predicted octanol–water partition coefficient (Wildman–Crippen LogP) is 1.83. The van der Waals surface area contributed by atoms with Gasteiger partial charge < -0.3 is 10.3 Å². The van der Waals surface area contributed by atoms with Crippen molar-refractivity contribution in [1.29, 1.82) is 5.26 Å². The van der Waals surface area contributed by atoms with Gasteiger partial charge in [-0.25, -0.2) is 9.37 Å². The summed E-state index contributed by atoms with van der Waals surface area (Å²) in [6, 6.07) is 7.66. The summed E-state index contributed by atoms with van der Waals surface area (Å²) in [5.74, 6) is -0.00469. The normalized spacial score (nSPS) is 13.9. The molecule has 4 nitrogen and oxygen atoms in total. The van der Waals surface area contributed by atoms with Crippen molar-refractivity contribution in [3.05, 3.63) is 53.9 Å². The molecule has 0 radical (unpaired) electrons. The smallest absolute Gasteiger partial charge is 0.213 e. The Balaban J connectivity index is 2.47. The SMILES string of the molecule is CC(N)C(c1ccc(F)cc1)n1ccnc1C#N. The van der Waals surface area contributed by atoms with Crippen LogP contribution in [0.5, 0.6) is 0 Å². The third-order valence-corrected chi connectivity index (χ3v) is 2.78. The Morgan fingerprint density at radius 3 is 2.61 bits per heavy atom. The molecule has 0 aliphatic carbocycles. The highest BCUT2D eigenvalue weighted by atomic mass is 19.1. The van der Waals surface area contributed by atoms with Crippen LogP contribution in [-0.2, 0) is 0 Å². The lowest BCUT2D eigenvalue weighted by Crippen LogP contribution is -2.30. The van der Waals surface area contributed by atoms with Gasteiger partial charge >= 0.3 is 0 Å². The highest BCUT2D eigenvalue weighted by molar-refractivity contribution is 5.25. The quantitative estimate of drug-likeness (QED) is 0.895. The number of hydrogen-bond acceptors (Lipinski definition) is 3. The summed E-state index contributed by atoms with van der Waals surface area (Å²) in [5.41, 5.74) is 6.82. The molecule has 0 amide bonds. The maximum absolute atomic E-state index is 12.9. The lowest BCUT2D eigenvalue weighted by molar-refractivity contribution is 0.491. The van der Waals surface area contributed by atoms with Crippen LogP contribution in [0.15, 0.2) is 36.7 Å². The van der Waals surface area contributed by atoms with E-state index in [1.807, 2.05) is 13.0 Å². The predicted molar refractivity (Wildman–Crippen MR) is 65.1 cm³/mol. The van der Waals surface area contributed by atoms with Gasteiger partial charge in [-0.15, -0.1) is 0 Å². The fraction of sp³-hybridized carbons (Fsp3) is 0.231. The Bertz CT molecular complexity index is 565. The van der Waals surface area contributed by atoms with Gasteiger partial charge in [0.1, 0.15) is 11.9 Å². The van der Waals surface area contributed by atoms with Crippen LogP contribution < -0.4 is 5.73 Å². The van der Waals surface area contributed by atoms with E-state index in [0.717, 1.165) is 5.56 Å². The number of aromatic nitrogens is 2. The maximum Gasteiger partial charge on any atom is 0.213 e. The topological polar surface area (TPSA) is 67.6 Å². The van der Waals surface area contributed by atoms with Crippen LogP contribution in [0.3, 0.4) is 0 Å². The molecule has 0 saturated carbocycles. The first-order valence-corrected chi connectivity index (χ1v) is 5.57. The van der Waals surface area contributed by atoms with Crippen molar-refractivity contribution in [3.8, 4) is 6.07 Å². The lowest BCUT2D eigenvalue weighted by Gasteiger charge is -2.23. The summed E-state index contributed by atoms with van der Waals surface area (Å²) in [5, 5.41) is 8.99. The zero-order chi connectivity index (χ0) is 13.1. The first kappa shape index (κ1) is 12.3. The second kappa shape index (κ2) is 4.98. The summed E-state index contributed by atoms with van der Waals surface area (Å²) in [4.78, 5) is 3.95. The molecule has 2 unspecified atom stereocenters. The van der Waals surface area contributed by atoms with Crippen molar-refractivity contribution in [3.63, 3.8) is 0 Å². The average Bonchev–Trinajstić information content (AvgIpc) is 2.79. The Kier molecular flexibility index (Phi) is 3.40. The van der Waals surface area contributed by atoms with Crippen molar-refractivity contribution < 1.29 is 4.39 Å². The number of nitriles is 1. The first-order chi connectivity index (χ1) is 8.63. The molecule has 1 aromatic heterocycles. The van der Waals surface area contributed by atoms with Crippen LogP contribution in [0.25, 0.3) is 0 Å². The number of hydrogen-bond donors (Lipinski definition) is 1. The summed E-state index contributed by atoms with van der Waals surface area (Å²) >= 11 is 0. The van der Waals surface area contributed by atoms with E-state index in [1.54, 1.807) is 29.1 Å². The number of rotatable bonds is 3. The molecule has 2 aromatic rings. The molecular formula is C13H13FN4. The molecular weight excluding hydrogens is 231 g/mol. The van der Waals surface area contributed by atoms with E-state index < -0.39 is 0 Å². The molecule has 0 aliphatic rings. The van der Waals surface area contributed by atoms with Crippen molar-refractivity contribution >= 4 is 0 Å². The van der Waals surface area contributed by atoms with Gasteiger partial charge in [-0.2, -0.15) is 5.26 Å². The van der Waals surface area contributed by atoms with Crippen molar-refractivity contribution in [1.82, 2.24) is 9.55 Å². The Hall–Kier alpha value is -2.19. The zero-order valence-electron chi connectivity index (χ0n) is 9.92. The molecule has 0 saturated heterocycles.